The number of nitrogens with zero attached hydrogens (tertiary/aromatic N) is 1. The van der Waals surface area contributed by atoms with Gasteiger partial charge >= 0.3 is 5.97 Å². The van der Waals surface area contributed by atoms with E-state index in [4.69, 9.17) is 9.52 Å². The van der Waals surface area contributed by atoms with Crippen molar-refractivity contribution in [2.45, 2.75) is 12.5 Å². The predicted molar refractivity (Wildman–Crippen MR) is 75.8 cm³/mol. The smallest absolute Gasteiger partial charge is 0.337 e. The van der Waals surface area contributed by atoms with Crippen LogP contribution >= 0.6 is 15.9 Å². The van der Waals surface area contributed by atoms with Crippen molar-refractivity contribution in [2.24, 2.45) is 0 Å². The number of aliphatic hydroxyl groups excluding tert-OH is 1. The molecule has 0 aliphatic carbocycles. The minimum Gasteiger partial charge on any atom is -0.478 e. The Kier molecular flexibility index (Phi) is 4.75. The Bertz CT molecular complexity index is 586. The summed E-state index contributed by atoms with van der Waals surface area (Å²) in [6.45, 7) is -0.0834. The van der Waals surface area contributed by atoms with Crippen molar-refractivity contribution in [3.05, 3.63) is 46.5 Å². The average Bonchev–Trinajstić information content (AvgIpc) is 2.92. The predicted octanol–water partition coefficient (Wildman–Crippen LogP) is 2.15. The zero-order valence-electron chi connectivity index (χ0n) is 10.4. The van der Waals surface area contributed by atoms with Crippen LogP contribution in [0.4, 0.5) is 5.82 Å². The van der Waals surface area contributed by atoms with Crippen molar-refractivity contribution in [3.63, 3.8) is 0 Å². The number of hydrogen-bond donors (Lipinski definition) is 3. The van der Waals surface area contributed by atoms with E-state index in [0.717, 1.165) is 5.56 Å². The number of aromatic nitrogens is 1. The average molecular weight is 341 g/mol. The highest BCUT2D eigenvalue weighted by Crippen LogP contribution is 2.22. The minimum atomic E-state index is -1.04. The van der Waals surface area contributed by atoms with Crippen molar-refractivity contribution in [3.8, 4) is 0 Å². The maximum Gasteiger partial charge on any atom is 0.337 e. The zero-order chi connectivity index (χ0) is 14.5. The molecule has 6 nitrogen and oxygen atoms in total. The van der Waals surface area contributed by atoms with E-state index in [-0.39, 0.29) is 18.2 Å². The summed E-state index contributed by atoms with van der Waals surface area (Å²) in [5.74, 6) is -0.556. The van der Waals surface area contributed by atoms with E-state index in [1.807, 2.05) is 6.07 Å². The lowest BCUT2D eigenvalue weighted by atomic mass is 10.1. The van der Waals surface area contributed by atoms with Gasteiger partial charge in [-0.25, -0.2) is 9.78 Å². The van der Waals surface area contributed by atoms with E-state index in [9.17, 15) is 9.90 Å². The molecule has 1 unspecified atom stereocenters. The fourth-order valence-corrected chi connectivity index (χ4v) is 2.17. The molecular formula is C13H13BrN2O4. The largest absolute Gasteiger partial charge is 0.478 e. The van der Waals surface area contributed by atoms with Gasteiger partial charge in [0.25, 0.3) is 0 Å². The van der Waals surface area contributed by atoms with Crippen LogP contribution in [0.2, 0.25) is 0 Å². The first-order valence-corrected chi connectivity index (χ1v) is 6.66. The summed E-state index contributed by atoms with van der Waals surface area (Å²) < 4.78 is 5.51. The Morgan fingerprint density at radius 2 is 2.35 bits per heavy atom. The van der Waals surface area contributed by atoms with E-state index in [1.54, 1.807) is 12.5 Å². The Morgan fingerprint density at radius 1 is 1.55 bits per heavy atom. The molecule has 0 saturated carbocycles. The molecule has 0 saturated heterocycles. The Labute approximate surface area is 123 Å². The monoisotopic (exact) mass is 340 g/mol. The van der Waals surface area contributed by atoms with E-state index >= 15 is 0 Å². The fraction of sp³-hybridized carbons (Fsp3) is 0.231. The lowest BCUT2D eigenvalue weighted by molar-refractivity contribution is 0.0696. The van der Waals surface area contributed by atoms with Gasteiger partial charge in [0.1, 0.15) is 5.82 Å². The molecule has 7 heteroatoms. The van der Waals surface area contributed by atoms with Crippen LogP contribution in [-0.4, -0.2) is 33.8 Å². The van der Waals surface area contributed by atoms with E-state index < -0.39 is 5.97 Å². The molecule has 106 valence electrons. The van der Waals surface area contributed by atoms with Gasteiger partial charge < -0.3 is 19.9 Å². The summed E-state index contributed by atoms with van der Waals surface area (Å²) >= 11 is 3.26. The number of aliphatic hydroxyl groups is 1. The van der Waals surface area contributed by atoms with Crippen LogP contribution in [-0.2, 0) is 6.42 Å². The van der Waals surface area contributed by atoms with Gasteiger partial charge in [0.05, 0.1) is 35.2 Å². The molecule has 0 aromatic carbocycles. The number of rotatable bonds is 6. The van der Waals surface area contributed by atoms with Crippen molar-refractivity contribution < 1.29 is 19.4 Å². The molecule has 2 aromatic rings. The van der Waals surface area contributed by atoms with Crippen molar-refractivity contribution in [2.75, 3.05) is 11.9 Å². The first-order valence-electron chi connectivity index (χ1n) is 5.87. The molecule has 0 fully saturated rings. The fourth-order valence-electron chi connectivity index (χ4n) is 1.71. The third-order valence-corrected chi connectivity index (χ3v) is 3.32. The Hall–Kier alpha value is -1.86. The number of carbonyl (C=O) groups is 1. The second-order valence-electron chi connectivity index (χ2n) is 4.22. The number of carboxylic acids is 1. The van der Waals surface area contributed by atoms with Crippen molar-refractivity contribution in [1.29, 1.82) is 0 Å². The van der Waals surface area contributed by atoms with Gasteiger partial charge in [0, 0.05) is 6.20 Å². The van der Waals surface area contributed by atoms with E-state index in [1.165, 1.54) is 12.3 Å². The van der Waals surface area contributed by atoms with Gasteiger partial charge in [-0.05, 0) is 40.0 Å². The number of nitrogens with one attached hydrogen (secondary N) is 1. The van der Waals surface area contributed by atoms with E-state index in [0.29, 0.717) is 16.7 Å². The summed E-state index contributed by atoms with van der Waals surface area (Å²) in [7, 11) is 0. The molecule has 2 aromatic heterocycles. The highest BCUT2D eigenvalue weighted by atomic mass is 79.9. The van der Waals surface area contributed by atoms with Gasteiger partial charge in [0.15, 0.2) is 0 Å². The van der Waals surface area contributed by atoms with Gasteiger partial charge in [-0.1, -0.05) is 0 Å². The first-order chi connectivity index (χ1) is 9.60. The topological polar surface area (TPSA) is 95.6 Å². The normalized spacial score (nSPS) is 12.1. The second-order valence-corrected chi connectivity index (χ2v) is 5.07. The first kappa shape index (κ1) is 14.5. The number of pyridine rings is 1. The zero-order valence-corrected chi connectivity index (χ0v) is 12.0. The molecule has 2 rings (SSSR count). The standard InChI is InChI=1S/C13H13BrN2O4/c14-11-4-9(13(18)19)5-15-12(11)16-10(6-17)3-8-1-2-20-7-8/h1-2,4-5,7,10,17H,3,6H2,(H,15,16)(H,18,19). The summed E-state index contributed by atoms with van der Waals surface area (Å²) in [5, 5.41) is 21.3. The molecule has 0 radical (unpaired) electrons. The highest BCUT2D eigenvalue weighted by molar-refractivity contribution is 9.10. The lowest BCUT2D eigenvalue weighted by Gasteiger charge is -2.17. The molecule has 0 aliphatic heterocycles. The quantitative estimate of drug-likeness (QED) is 0.745. The number of hydrogen-bond acceptors (Lipinski definition) is 5. The molecule has 0 aliphatic rings. The molecular weight excluding hydrogens is 328 g/mol. The van der Waals surface area contributed by atoms with Gasteiger partial charge in [-0.3, -0.25) is 0 Å². The van der Waals surface area contributed by atoms with Gasteiger partial charge in [0.2, 0.25) is 0 Å². The summed E-state index contributed by atoms with van der Waals surface area (Å²) in [6.07, 6.45) is 5.02. The molecule has 3 N–H and O–H groups in total. The van der Waals surface area contributed by atoms with Crippen LogP contribution in [0.25, 0.3) is 0 Å². The number of anilines is 1. The number of carboxylic acid groups (broad SMARTS) is 1. The van der Waals surface area contributed by atoms with Crippen LogP contribution in [0.3, 0.4) is 0 Å². The van der Waals surface area contributed by atoms with Crippen LogP contribution in [0.1, 0.15) is 15.9 Å². The SMILES string of the molecule is O=C(O)c1cnc(NC(CO)Cc2ccoc2)c(Br)c1. The third-order valence-electron chi connectivity index (χ3n) is 2.71. The molecule has 0 bridgehead atoms. The van der Waals surface area contributed by atoms with Gasteiger partial charge in [-0.2, -0.15) is 0 Å². The van der Waals surface area contributed by atoms with E-state index in [2.05, 4.69) is 26.2 Å². The third kappa shape index (κ3) is 3.58. The second kappa shape index (κ2) is 6.53. The van der Waals surface area contributed by atoms with Crippen LogP contribution in [0, 0.1) is 0 Å². The molecule has 0 spiro atoms. The van der Waals surface area contributed by atoms with Crippen LogP contribution < -0.4 is 5.32 Å². The molecule has 20 heavy (non-hydrogen) atoms. The van der Waals surface area contributed by atoms with Crippen LogP contribution in [0.15, 0.2) is 39.7 Å². The lowest BCUT2D eigenvalue weighted by Crippen LogP contribution is -2.27. The number of aromatic carboxylic acids is 1. The minimum absolute atomic E-state index is 0.0834. The number of halogens is 1. The van der Waals surface area contributed by atoms with Crippen molar-refractivity contribution in [1.82, 2.24) is 4.98 Å². The molecule has 1 atom stereocenters. The van der Waals surface area contributed by atoms with Gasteiger partial charge in [-0.15, -0.1) is 0 Å². The number of furan rings is 1. The Morgan fingerprint density at radius 3 is 2.90 bits per heavy atom. The summed E-state index contributed by atoms with van der Waals surface area (Å²) in [5.41, 5.74) is 1.05. The summed E-state index contributed by atoms with van der Waals surface area (Å²) in [4.78, 5) is 14.9. The maximum absolute atomic E-state index is 10.8. The van der Waals surface area contributed by atoms with Crippen LogP contribution in [0.5, 0.6) is 0 Å². The maximum atomic E-state index is 10.8. The summed E-state index contributed by atoms with van der Waals surface area (Å²) in [6, 6.07) is 3.04. The Balaban J connectivity index is 2.09. The molecule has 0 amide bonds. The molecule has 2 heterocycles. The highest BCUT2D eigenvalue weighted by Gasteiger charge is 2.13. The van der Waals surface area contributed by atoms with Crippen molar-refractivity contribution >= 4 is 27.7 Å².